The molecule has 0 spiro atoms. The summed E-state index contributed by atoms with van der Waals surface area (Å²) in [5.74, 6) is 0. The Kier molecular flexibility index (Phi) is 8.43. The first-order valence-electron chi connectivity index (χ1n) is 8.12. The molecule has 132 valence electrons. The maximum absolute atomic E-state index is 6.23. The van der Waals surface area contributed by atoms with Gasteiger partial charge in [-0.3, -0.25) is 0 Å². The minimum absolute atomic E-state index is 0.240. The van der Waals surface area contributed by atoms with Crippen molar-refractivity contribution in [3.05, 3.63) is 35.4 Å². The van der Waals surface area contributed by atoms with E-state index in [2.05, 4.69) is 58.1 Å². The summed E-state index contributed by atoms with van der Waals surface area (Å²) in [5, 5.41) is 0.240. The van der Waals surface area contributed by atoms with Crippen LogP contribution in [0.1, 0.15) is 31.9 Å². The average molecular weight is 341 g/mol. The molecule has 0 unspecified atom stereocenters. The van der Waals surface area contributed by atoms with E-state index < -0.39 is 8.32 Å². The fourth-order valence-corrected chi connectivity index (χ4v) is 2.59. The molecule has 1 rings (SSSR count). The van der Waals surface area contributed by atoms with Gasteiger partial charge in [-0.2, -0.15) is 0 Å². The quantitative estimate of drug-likeness (QED) is 0.360. The van der Waals surface area contributed by atoms with Crippen LogP contribution in [0, 0.1) is 0 Å². The van der Waals surface area contributed by atoms with Crippen LogP contribution in [-0.4, -0.2) is 35.4 Å². The first kappa shape index (κ1) is 20.3. The highest BCUT2D eigenvalue weighted by Crippen LogP contribution is 2.37. The number of hydrogen-bond donors (Lipinski definition) is 0. The second kappa shape index (κ2) is 9.54. The largest absolute Gasteiger partial charge is 0.413 e. The van der Waals surface area contributed by atoms with Gasteiger partial charge in [-0.1, -0.05) is 45.0 Å². The molecule has 0 radical (unpaired) electrons. The van der Waals surface area contributed by atoms with Crippen molar-refractivity contribution in [3.63, 3.8) is 0 Å². The van der Waals surface area contributed by atoms with Crippen LogP contribution < -0.4 is 0 Å². The predicted octanol–water partition coefficient (Wildman–Crippen LogP) is 4.35. The van der Waals surface area contributed by atoms with Gasteiger partial charge < -0.3 is 18.6 Å². The molecule has 0 saturated carbocycles. The zero-order valence-corrected chi connectivity index (χ0v) is 16.5. The van der Waals surface area contributed by atoms with E-state index in [4.69, 9.17) is 18.6 Å². The first-order valence-corrected chi connectivity index (χ1v) is 11.0. The highest BCUT2D eigenvalue weighted by molar-refractivity contribution is 6.74. The molecular weight excluding hydrogens is 308 g/mol. The van der Waals surface area contributed by atoms with Crippen molar-refractivity contribution >= 4 is 8.32 Å². The lowest BCUT2D eigenvalue weighted by Gasteiger charge is -2.36. The van der Waals surface area contributed by atoms with Gasteiger partial charge in [0.15, 0.2) is 8.32 Å². The first-order chi connectivity index (χ1) is 10.8. The van der Waals surface area contributed by atoms with E-state index in [-0.39, 0.29) is 5.04 Å². The molecule has 0 aromatic heterocycles. The SMILES string of the molecule is COCCOCOCc1ccc(CO[Si](C)(C)C(C)(C)C)cc1. The summed E-state index contributed by atoms with van der Waals surface area (Å²) in [6, 6.07) is 8.38. The van der Waals surface area contributed by atoms with Crippen molar-refractivity contribution in [3.8, 4) is 0 Å². The number of ether oxygens (including phenoxy) is 3. The monoisotopic (exact) mass is 340 g/mol. The summed E-state index contributed by atoms with van der Waals surface area (Å²) < 4.78 is 21.9. The zero-order valence-electron chi connectivity index (χ0n) is 15.5. The summed E-state index contributed by atoms with van der Waals surface area (Å²) in [7, 11) is -0.0365. The number of hydrogen-bond acceptors (Lipinski definition) is 4. The van der Waals surface area contributed by atoms with E-state index in [1.54, 1.807) is 7.11 Å². The Bertz CT molecular complexity index is 437. The Morgan fingerprint density at radius 1 is 0.870 bits per heavy atom. The van der Waals surface area contributed by atoms with E-state index in [1.807, 2.05) is 0 Å². The molecule has 0 atom stereocenters. The van der Waals surface area contributed by atoms with Gasteiger partial charge in [0.25, 0.3) is 0 Å². The molecule has 0 N–H and O–H groups in total. The van der Waals surface area contributed by atoms with Crippen molar-refractivity contribution in [2.75, 3.05) is 27.1 Å². The van der Waals surface area contributed by atoms with Gasteiger partial charge >= 0.3 is 0 Å². The highest BCUT2D eigenvalue weighted by Gasteiger charge is 2.36. The zero-order chi connectivity index (χ0) is 17.3. The normalized spacial score (nSPS) is 12.6. The van der Waals surface area contributed by atoms with Crippen molar-refractivity contribution in [1.29, 1.82) is 0 Å². The van der Waals surface area contributed by atoms with Gasteiger partial charge in [0.1, 0.15) is 6.79 Å². The van der Waals surface area contributed by atoms with Crippen LogP contribution in [0.15, 0.2) is 24.3 Å². The second-order valence-corrected chi connectivity index (χ2v) is 12.0. The maximum Gasteiger partial charge on any atom is 0.192 e. The molecule has 5 heteroatoms. The van der Waals surface area contributed by atoms with Crippen LogP contribution in [0.2, 0.25) is 18.1 Å². The molecule has 0 heterocycles. The predicted molar refractivity (Wildman–Crippen MR) is 95.9 cm³/mol. The van der Waals surface area contributed by atoms with Crippen LogP contribution in [0.5, 0.6) is 0 Å². The molecule has 0 bridgehead atoms. The molecule has 0 saturated heterocycles. The second-order valence-electron chi connectivity index (χ2n) is 7.23. The van der Waals surface area contributed by atoms with Crippen LogP contribution in [-0.2, 0) is 31.9 Å². The highest BCUT2D eigenvalue weighted by atomic mass is 28.4. The maximum atomic E-state index is 6.23. The Morgan fingerprint density at radius 2 is 1.43 bits per heavy atom. The molecule has 0 aliphatic carbocycles. The summed E-state index contributed by atoms with van der Waals surface area (Å²) in [6.07, 6.45) is 0. The van der Waals surface area contributed by atoms with Gasteiger partial charge in [0.05, 0.1) is 26.4 Å². The number of methoxy groups -OCH3 is 1. The molecule has 0 fully saturated rings. The van der Waals surface area contributed by atoms with Gasteiger partial charge in [-0.15, -0.1) is 0 Å². The molecule has 1 aromatic rings. The standard InChI is InChI=1S/C18H32O4Si/c1-18(2,3)23(5,6)22-14-17-9-7-16(8-10-17)13-21-15-20-12-11-19-4/h7-10H,11-15H2,1-6H3. The van der Waals surface area contributed by atoms with E-state index in [1.165, 1.54) is 5.56 Å². The Morgan fingerprint density at radius 3 is 1.96 bits per heavy atom. The summed E-state index contributed by atoms with van der Waals surface area (Å²) in [4.78, 5) is 0. The minimum atomic E-state index is -1.69. The lowest BCUT2D eigenvalue weighted by molar-refractivity contribution is -0.0724. The summed E-state index contributed by atoms with van der Waals surface area (Å²) >= 11 is 0. The Balaban J connectivity index is 2.33. The van der Waals surface area contributed by atoms with Gasteiger partial charge in [-0.25, -0.2) is 0 Å². The number of benzene rings is 1. The summed E-state index contributed by atoms with van der Waals surface area (Å²) in [5.41, 5.74) is 2.34. The Labute approximate surface area is 142 Å². The lowest BCUT2D eigenvalue weighted by Crippen LogP contribution is -2.40. The van der Waals surface area contributed by atoms with Crippen LogP contribution in [0.3, 0.4) is 0 Å². The van der Waals surface area contributed by atoms with Crippen molar-refractivity contribution in [2.24, 2.45) is 0 Å². The smallest absolute Gasteiger partial charge is 0.192 e. The minimum Gasteiger partial charge on any atom is -0.413 e. The fourth-order valence-electron chi connectivity index (χ4n) is 1.63. The molecular formula is C18H32O4Si. The molecule has 23 heavy (non-hydrogen) atoms. The fraction of sp³-hybridized carbons (Fsp3) is 0.667. The van der Waals surface area contributed by atoms with Gasteiger partial charge in [-0.05, 0) is 29.3 Å². The van der Waals surface area contributed by atoms with Crippen molar-refractivity contribution in [2.45, 2.75) is 52.1 Å². The van der Waals surface area contributed by atoms with E-state index in [0.717, 1.165) is 5.56 Å². The third-order valence-electron chi connectivity index (χ3n) is 4.30. The molecule has 1 aromatic carbocycles. The van der Waals surface area contributed by atoms with E-state index in [0.29, 0.717) is 33.2 Å². The molecule has 0 amide bonds. The van der Waals surface area contributed by atoms with Crippen LogP contribution in [0.4, 0.5) is 0 Å². The van der Waals surface area contributed by atoms with E-state index in [9.17, 15) is 0 Å². The third-order valence-corrected chi connectivity index (χ3v) is 8.77. The average Bonchev–Trinajstić information content (AvgIpc) is 2.49. The molecule has 0 aliphatic rings. The van der Waals surface area contributed by atoms with Gasteiger partial charge in [0.2, 0.25) is 0 Å². The topological polar surface area (TPSA) is 36.9 Å². The summed E-state index contributed by atoms with van der Waals surface area (Å²) in [6.45, 7) is 14.0. The number of rotatable bonds is 10. The molecule has 0 aliphatic heterocycles. The van der Waals surface area contributed by atoms with Crippen LogP contribution in [0.25, 0.3) is 0 Å². The van der Waals surface area contributed by atoms with Gasteiger partial charge in [0, 0.05) is 7.11 Å². The van der Waals surface area contributed by atoms with Crippen molar-refractivity contribution < 1.29 is 18.6 Å². The van der Waals surface area contributed by atoms with Crippen LogP contribution >= 0.6 is 0 Å². The lowest BCUT2D eigenvalue weighted by atomic mass is 10.1. The Hall–Kier alpha value is -0.723. The van der Waals surface area contributed by atoms with E-state index >= 15 is 0 Å². The molecule has 4 nitrogen and oxygen atoms in total. The third kappa shape index (κ3) is 7.59. The van der Waals surface area contributed by atoms with Crippen molar-refractivity contribution in [1.82, 2.24) is 0 Å².